The van der Waals surface area contributed by atoms with E-state index in [9.17, 15) is 19.5 Å². The Hall–Kier alpha value is -4.25. The summed E-state index contributed by atoms with van der Waals surface area (Å²) >= 11 is 0. The van der Waals surface area contributed by atoms with Crippen LogP contribution in [-0.4, -0.2) is 47.5 Å². The fourth-order valence-corrected chi connectivity index (χ4v) is 6.13. The number of amides is 1. The third-order valence-corrected chi connectivity index (χ3v) is 7.74. The molecular weight excluding hydrogens is 506 g/mol. The average Bonchev–Trinajstić information content (AvgIpc) is 3.38. The summed E-state index contributed by atoms with van der Waals surface area (Å²) in [7, 11) is 1.48. The Morgan fingerprint density at radius 2 is 2.03 bits per heavy atom. The zero-order chi connectivity index (χ0) is 27.3. The molecule has 0 spiro atoms. The highest BCUT2D eigenvalue weighted by Crippen LogP contribution is 2.45. The topological polar surface area (TPSA) is 146 Å². The smallest absolute Gasteiger partial charge is 0.250 e. The predicted molar refractivity (Wildman–Crippen MR) is 138 cm³/mol. The van der Waals surface area contributed by atoms with Crippen LogP contribution in [0.4, 0.5) is 0 Å². The Bertz CT molecular complexity index is 1560. The zero-order valence-electron chi connectivity index (χ0n) is 21.4. The summed E-state index contributed by atoms with van der Waals surface area (Å²) in [6.07, 6.45) is 0.777. The number of rotatable bonds is 7. The maximum atomic E-state index is 12.9. The number of hydrogen-bond donors (Lipinski definition) is 2. The lowest BCUT2D eigenvalue weighted by Crippen LogP contribution is -2.46. The van der Waals surface area contributed by atoms with Gasteiger partial charge in [0.1, 0.15) is 5.76 Å². The van der Waals surface area contributed by atoms with Crippen LogP contribution in [0.3, 0.4) is 0 Å². The molecule has 1 amide bonds. The first kappa shape index (κ1) is 25.1. The molecule has 1 unspecified atom stereocenters. The van der Waals surface area contributed by atoms with Crippen molar-refractivity contribution in [3.63, 3.8) is 0 Å². The van der Waals surface area contributed by atoms with Crippen molar-refractivity contribution in [3.05, 3.63) is 79.8 Å². The predicted octanol–water partition coefficient (Wildman–Crippen LogP) is 1.87. The number of methoxy groups -OCH3 is 1. The first-order valence-corrected chi connectivity index (χ1v) is 12.8. The molecule has 6 rings (SSSR count). The van der Waals surface area contributed by atoms with Gasteiger partial charge in [0, 0.05) is 49.8 Å². The number of likely N-dealkylation sites (tertiary alicyclic amines) is 1. The molecule has 1 saturated heterocycles. The highest BCUT2D eigenvalue weighted by molar-refractivity contribution is 5.75. The maximum Gasteiger partial charge on any atom is 0.250 e. The van der Waals surface area contributed by atoms with Crippen LogP contribution >= 0.6 is 0 Å². The number of aromatic nitrogens is 1. The number of primary amides is 1. The number of pyridine rings is 1. The molecule has 3 aromatic rings. The van der Waals surface area contributed by atoms with Crippen LogP contribution in [0.15, 0.2) is 50.4 Å². The zero-order valence-corrected chi connectivity index (χ0v) is 21.4. The van der Waals surface area contributed by atoms with Gasteiger partial charge in [-0.15, -0.1) is 0 Å². The molecule has 3 aliphatic heterocycles. The number of fused-ring (bicyclic) bond motifs is 5. The van der Waals surface area contributed by atoms with E-state index < -0.39 is 23.0 Å². The molecule has 3 atom stereocenters. The van der Waals surface area contributed by atoms with E-state index in [1.165, 1.54) is 13.2 Å². The number of benzene rings is 1. The van der Waals surface area contributed by atoms with Gasteiger partial charge >= 0.3 is 0 Å². The van der Waals surface area contributed by atoms with Gasteiger partial charge in [-0.3, -0.25) is 19.3 Å². The van der Waals surface area contributed by atoms with Gasteiger partial charge in [0.05, 0.1) is 19.6 Å². The molecule has 0 saturated carbocycles. The molecule has 1 fully saturated rings. The van der Waals surface area contributed by atoms with Crippen LogP contribution < -0.4 is 30.9 Å². The number of carbonyl (C=O) groups excluding carboxylic acids is 1. The Morgan fingerprint density at radius 3 is 2.82 bits per heavy atom. The number of carbonyl (C=O) groups is 1. The van der Waals surface area contributed by atoms with Gasteiger partial charge in [-0.1, -0.05) is 6.07 Å². The van der Waals surface area contributed by atoms with Crippen molar-refractivity contribution < 1.29 is 28.5 Å². The second-order valence-corrected chi connectivity index (χ2v) is 10.4. The van der Waals surface area contributed by atoms with Gasteiger partial charge in [-0.25, -0.2) is 0 Å². The lowest BCUT2D eigenvalue weighted by molar-refractivity contribution is -0.118. The molecule has 11 heteroatoms. The molecule has 204 valence electrons. The Balaban J connectivity index is 1.33. The summed E-state index contributed by atoms with van der Waals surface area (Å²) in [5.74, 6) is -0.0559. The quantitative estimate of drug-likeness (QED) is 0.463. The maximum absolute atomic E-state index is 12.9. The van der Waals surface area contributed by atoms with Gasteiger partial charge in [0.2, 0.25) is 29.6 Å². The van der Waals surface area contributed by atoms with E-state index >= 15 is 0 Å². The minimum Gasteiger partial charge on any atom is -0.502 e. The highest BCUT2D eigenvalue weighted by atomic mass is 16.7. The van der Waals surface area contributed by atoms with E-state index in [1.807, 2.05) is 10.6 Å². The first-order valence-electron chi connectivity index (χ1n) is 12.8. The molecule has 0 radical (unpaired) electrons. The van der Waals surface area contributed by atoms with Crippen molar-refractivity contribution in [2.75, 3.05) is 27.0 Å². The molecule has 1 aromatic carbocycles. The lowest BCUT2D eigenvalue weighted by atomic mass is 9.83. The van der Waals surface area contributed by atoms with E-state index in [1.54, 1.807) is 24.3 Å². The summed E-state index contributed by atoms with van der Waals surface area (Å²) in [5, 5.41) is 10.8. The van der Waals surface area contributed by atoms with Crippen LogP contribution in [0.25, 0.3) is 0 Å². The minimum atomic E-state index is -0.863. The highest BCUT2D eigenvalue weighted by Gasteiger charge is 2.35. The SMILES string of the molecule is COc1cc(C(CC(N)=O)c2oc(CN3C[C@H]4C[C@@H](C3)c3cccc(=O)n3C4)cc(=O)c2O)cc2c1OCO2. The summed E-state index contributed by atoms with van der Waals surface area (Å²) < 4.78 is 24.4. The molecule has 2 bridgehead atoms. The summed E-state index contributed by atoms with van der Waals surface area (Å²) in [6, 6.07) is 9.98. The summed E-state index contributed by atoms with van der Waals surface area (Å²) in [5.41, 5.74) is 6.52. The van der Waals surface area contributed by atoms with E-state index in [0.717, 1.165) is 18.7 Å². The second kappa shape index (κ2) is 9.81. The normalized spacial score (nSPS) is 20.3. The standard InChI is InChI=1S/C28H29N3O8/c1-36-22-6-16(7-23-28(22)38-14-37-23)19(9-24(29)33)27-26(35)21(32)8-18(39-27)13-30-10-15-5-17(12-30)20-3-2-4-25(34)31(20)11-15/h2-4,6-8,15,17,19,35H,5,9-14H2,1H3,(H2,29,33)/t15-,17+,19?/m1/s1. The molecule has 3 N–H and O–H groups in total. The fourth-order valence-electron chi connectivity index (χ4n) is 6.13. The number of hydrogen-bond acceptors (Lipinski definition) is 9. The number of aromatic hydroxyl groups is 1. The van der Waals surface area contributed by atoms with Crippen LogP contribution in [0.1, 0.15) is 47.5 Å². The number of ether oxygens (including phenoxy) is 3. The third kappa shape index (κ3) is 4.63. The van der Waals surface area contributed by atoms with Gasteiger partial charge < -0.3 is 34.0 Å². The van der Waals surface area contributed by atoms with E-state index in [4.69, 9.17) is 24.4 Å². The number of nitrogens with two attached hydrogens (primary N) is 1. The van der Waals surface area contributed by atoms with E-state index in [-0.39, 0.29) is 30.5 Å². The molecule has 0 aliphatic carbocycles. The third-order valence-electron chi connectivity index (χ3n) is 7.74. The van der Waals surface area contributed by atoms with Crippen molar-refractivity contribution in [1.82, 2.24) is 9.47 Å². The van der Waals surface area contributed by atoms with Crippen molar-refractivity contribution in [2.24, 2.45) is 11.7 Å². The van der Waals surface area contributed by atoms with Gasteiger partial charge in [-0.2, -0.15) is 0 Å². The Morgan fingerprint density at radius 1 is 1.18 bits per heavy atom. The molecule has 11 nitrogen and oxygen atoms in total. The minimum absolute atomic E-state index is 0.0163. The summed E-state index contributed by atoms with van der Waals surface area (Å²) in [4.78, 5) is 39.5. The average molecular weight is 536 g/mol. The molecule has 3 aliphatic rings. The number of nitrogens with zero attached hydrogens (tertiary/aromatic N) is 2. The molecular formula is C28H29N3O8. The van der Waals surface area contributed by atoms with Crippen LogP contribution in [0.5, 0.6) is 23.0 Å². The Labute approximate surface area is 223 Å². The van der Waals surface area contributed by atoms with E-state index in [0.29, 0.717) is 54.1 Å². The number of piperidine rings is 1. The molecule has 5 heterocycles. The van der Waals surface area contributed by atoms with E-state index in [2.05, 4.69) is 4.90 Å². The monoisotopic (exact) mass is 535 g/mol. The lowest BCUT2D eigenvalue weighted by Gasteiger charge is -2.42. The van der Waals surface area contributed by atoms with Crippen molar-refractivity contribution in [1.29, 1.82) is 0 Å². The largest absolute Gasteiger partial charge is 0.502 e. The fraction of sp³-hybridized carbons (Fsp3) is 0.393. The van der Waals surface area contributed by atoms with Gasteiger partial charge in [0.15, 0.2) is 17.3 Å². The molecule has 39 heavy (non-hydrogen) atoms. The molecule has 2 aromatic heterocycles. The van der Waals surface area contributed by atoms with Gasteiger partial charge in [-0.05, 0) is 36.1 Å². The van der Waals surface area contributed by atoms with Crippen molar-refractivity contribution in [2.45, 2.75) is 37.8 Å². The van der Waals surface area contributed by atoms with Crippen molar-refractivity contribution in [3.8, 4) is 23.0 Å². The second-order valence-electron chi connectivity index (χ2n) is 10.4. The summed E-state index contributed by atoms with van der Waals surface area (Å²) in [6.45, 7) is 2.44. The van der Waals surface area contributed by atoms with Crippen LogP contribution in [0.2, 0.25) is 0 Å². The van der Waals surface area contributed by atoms with Gasteiger partial charge in [0.25, 0.3) is 5.56 Å². The Kier molecular flexibility index (Phi) is 6.30. The van der Waals surface area contributed by atoms with Crippen LogP contribution in [-0.2, 0) is 17.9 Å². The van der Waals surface area contributed by atoms with Crippen molar-refractivity contribution >= 4 is 5.91 Å². The van der Waals surface area contributed by atoms with Crippen LogP contribution in [0, 0.1) is 5.92 Å². The first-order chi connectivity index (χ1) is 18.8.